The van der Waals surface area contributed by atoms with Gasteiger partial charge in [-0.25, -0.2) is 4.98 Å². The highest BCUT2D eigenvalue weighted by atomic mass is 35.5. The summed E-state index contributed by atoms with van der Waals surface area (Å²) in [5.74, 6) is 1.61. The Bertz CT molecular complexity index is 1270. The quantitative estimate of drug-likeness (QED) is 0.406. The van der Waals surface area contributed by atoms with E-state index in [4.69, 9.17) is 32.7 Å². The molecule has 0 spiro atoms. The summed E-state index contributed by atoms with van der Waals surface area (Å²) >= 11 is 12.0. The van der Waals surface area contributed by atoms with Crippen LogP contribution in [0.25, 0.3) is 22.3 Å². The average Bonchev–Trinajstić information content (AvgIpc) is 2.75. The monoisotopic (exact) mass is 440 g/mol. The van der Waals surface area contributed by atoms with Crippen LogP contribution in [0.15, 0.2) is 65.5 Å². The van der Waals surface area contributed by atoms with Crippen molar-refractivity contribution in [3.63, 3.8) is 0 Å². The predicted molar refractivity (Wildman–Crippen MR) is 120 cm³/mol. The molecule has 4 aromatic rings. The molecule has 1 aromatic heterocycles. The van der Waals surface area contributed by atoms with Crippen molar-refractivity contribution >= 4 is 34.1 Å². The summed E-state index contributed by atoms with van der Waals surface area (Å²) in [6, 6.07) is 18.0. The zero-order valence-electron chi connectivity index (χ0n) is 16.1. The number of aromatic amines is 1. The Kier molecular flexibility index (Phi) is 5.93. The number of H-pyrrole nitrogens is 1. The number of halogens is 2. The molecule has 4 rings (SSSR count). The van der Waals surface area contributed by atoms with Gasteiger partial charge in [-0.1, -0.05) is 41.4 Å². The first-order valence-electron chi connectivity index (χ1n) is 9.38. The number of hydrogen-bond donors (Lipinski definition) is 1. The van der Waals surface area contributed by atoms with Crippen molar-refractivity contribution < 1.29 is 9.47 Å². The number of hydrogen-bond acceptors (Lipinski definition) is 4. The fourth-order valence-electron chi connectivity index (χ4n) is 3.06. The Morgan fingerprint density at radius 3 is 2.57 bits per heavy atom. The van der Waals surface area contributed by atoms with Gasteiger partial charge in [-0.05, 0) is 55.0 Å². The number of para-hydroxylation sites is 1. The van der Waals surface area contributed by atoms with Gasteiger partial charge in [-0.3, -0.25) is 4.79 Å². The van der Waals surface area contributed by atoms with Gasteiger partial charge in [-0.2, -0.15) is 0 Å². The van der Waals surface area contributed by atoms with Gasteiger partial charge in [0.1, 0.15) is 12.4 Å². The topological polar surface area (TPSA) is 64.2 Å². The van der Waals surface area contributed by atoms with E-state index in [9.17, 15) is 4.79 Å². The lowest BCUT2D eigenvalue weighted by molar-refractivity contribution is 0.269. The van der Waals surface area contributed by atoms with E-state index in [0.29, 0.717) is 51.5 Å². The molecule has 0 saturated carbocycles. The minimum Gasteiger partial charge on any atom is -0.490 e. The van der Waals surface area contributed by atoms with Gasteiger partial charge in [0.25, 0.3) is 5.56 Å². The first-order valence-corrected chi connectivity index (χ1v) is 10.1. The highest BCUT2D eigenvalue weighted by molar-refractivity contribution is 6.42. The van der Waals surface area contributed by atoms with Crippen LogP contribution >= 0.6 is 23.2 Å². The van der Waals surface area contributed by atoms with Gasteiger partial charge in [-0.15, -0.1) is 0 Å². The van der Waals surface area contributed by atoms with Gasteiger partial charge < -0.3 is 14.5 Å². The predicted octanol–water partition coefficient (Wildman–Crippen LogP) is 5.87. The maximum Gasteiger partial charge on any atom is 0.259 e. The molecule has 5 nitrogen and oxygen atoms in total. The Hall–Kier alpha value is -3.02. The molecule has 0 saturated heterocycles. The van der Waals surface area contributed by atoms with Crippen LogP contribution in [0.2, 0.25) is 10.0 Å². The molecule has 0 aliphatic heterocycles. The Labute approximate surface area is 183 Å². The number of ether oxygens (including phenoxy) is 2. The standard InChI is InChI=1S/C23H18Cl2N2O3/c1-2-29-21-12-15(22-26-19-6-4-3-5-16(19)23(28)27-22)8-10-20(21)30-13-14-7-9-17(24)18(25)11-14/h3-12H,2,13H2,1H3,(H,26,27,28). The van der Waals surface area contributed by atoms with Crippen molar-refractivity contribution in [2.75, 3.05) is 6.61 Å². The molecule has 0 radical (unpaired) electrons. The van der Waals surface area contributed by atoms with E-state index in [1.165, 1.54) is 0 Å². The summed E-state index contributed by atoms with van der Waals surface area (Å²) in [6.07, 6.45) is 0. The van der Waals surface area contributed by atoms with Gasteiger partial charge in [0.2, 0.25) is 0 Å². The molecule has 30 heavy (non-hydrogen) atoms. The lowest BCUT2D eigenvalue weighted by Gasteiger charge is -2.14. The third-order valence-corrected chi connectivity index (χ3v) is 5.25. The highest BCUT2D eigenvalue weighted by Crippen LogP contribution is 2.33. The summed E-state index contributed by atoms with van der Waals surface area (Å²) in [7, 11) is 0. The molecule has 0 unspecified atom stereocenters. The zero-order valence-corrected chi connectivity index (χ0v) is 17.6. The molecule has 1 N–H and O–H groups in total. The zero-order chi connectivity index (χ0) is 21.1. The van der Waals surface area contributed by atoms with E-state index >= 15 is 0 Å². The molecule has 0 aliphatic rings. The first kappa shape index (κ1) is 20.3. The average molecular weight is 441 g/mol. The normalized spacial score (nSPS) is 10.9. The smallest absolute Gasteiger partial charge is 0.259 e. The second-order valence-electron chi connectivity index (χ2n) is 6.56. The Balaban J connectivity index is 1.64. The third-order valence-electron chi connectivity index (χ3n) is 4.51. The molecule has 0 bridgehead atoms. The van der Waals surface area contributed by atoms with Crippen molar-refractivity contribution in [2.24, 2.45) is 0 Å². The van der Waals surface area contributed by atoms with Crippen molar-refractivity contribution in [3.05, 3.63) is 86.6 Å². The third kappa shape index (κ3) is 4.27. The van der Waals surface area contributed by atoms with E-state index in [1.54, 1.807) is 30.3 Å². The number of rotatable bonds is 6. The van der Waals surface area contributed by atoms with E-state index in [0.717, 1.165) is 11.1 Å². The fourth-order valence-corrected chi connectivity index (χ4v) is 3.38. The molecule has 0 fully saturated rings. The highest BCUT2D eigenvalue weighted by Gasteiger charge is 2.12. The van der Waals surface area contributed by atoms with Gasteiger partial charge >= 0.3 is 0 Å². The molecule has 0 aliphatic carbocycles. The van der Waals surface area contributed by atoms with Crippen LogP contribution < -0.4 is 15.0 Å². The summed E-state index contributed by atoms with van der Waals surface area (Å²) in [6.45, 7) is 2.67. The van der Waals surface area contributed by atoms with Crippen molar-refractivity contribution in [3.8, 4) is 22.9 Å². The first-order chi connectivity index (χ1) is 14.5. The number of aromatic nitrogens is 2. The molecular formula is C23H18Cl2N2O3. The fraction of sp³-hybridized carbons (Fsp3) is 0.130. The van der Waals surface area contributed by atoms with Crippen molar-refractivity contribution in [1.82, 2.24) is 9.97 Å². The Morgan fingerprint density at radius 2 is 1.77 bits per heavy atom. The van der Waals surface area contributed by atoms with Crippen LogP contribution in [0, 0.1) is 0 Å². The minimum absolute atomic E-state index is 0.187. The molecule has 1 heterocycles. The largest absolute Gasteiger partial charge is 0.490 e. The SMILES string of the molecule is CCOc1cc(-c2nc3ccccc3c(=O)[nH]2)ccc1OCc1ccc(Cl)c(Cl)c1. The van der Waals surface area contributed by atoms with Gasteiger partial charge in [0.15, 0.2) is 11.5 Å². The van der Waals surface area contributed by atoms with Gasteiger partial charge in [0.05, 0.1) is 27.6 Å². The molecule has 7 heteroatoms. The van der Waals surface area contributed by atoms with Crippen LogP contribution in [-0.2, 0) is 6.61 Å². The Morgan fingerprint density at radius 1 is 0.933 bits per heavy atom. The molecule has 0 atom stereocenters. The second kappa shape index (κ2) is 8.78. The van der Waals surface area contributed by atoms with Crippen LogP contribution in [0.4, 0.5) is 0 Å². The number of fused-ring (bicyclic) bond motifs is 1. The molecular weight excluding hydrogens is 423 g/mol. The summed E-state index contributed by atoms with van der Waals surface area (Å²) in [5.41, 5.74) is 2.06. The molecule has 3 aromatic carbocycles. The maximum absolute atomic E-state index is 12.4. The van der Waals surface area contributed by atoms with E-state index < -0.39 is 0 Å². The molecule has 152 valence electrons. The lowest BCUT2D eigenvalue weighted by Crippen LogP contribution is -2.09. The van der Waals surface area contributed by atoms with Crippen LogP contribution in [0.1, 0.15) is 12.5 Å². The minimum atomic E-state index is -0.187. The van der Waals surface area contributed by atoms with Crippen molar-refractivity contribution in [1.29, 1.82) is 0 Å². The van der Waals surface area contributed by atoms with Gasteiger partial charge in [0, 0.05) is 5.56 Å². The summed E-state index contributed by atoms with van der Waals surface area (Å²) < 4.78 is 11.7. The van der Waals surface area contributed by atoms with Crippen LogP contribution in [0.5, 0.6) is 11.5 Å². The summed E-state index contributed by atoms with van der Waals surface area (Å²) in [5, 5.41) is 1.52. The number of nitrogens with one attached hydrogen (secondary N) is 1. The lowest BCUT2D eigenvalue weighted by atomic mass is 10.1. The van der Waals surface area contributed by atoms with Crippen LogP contribution in [-0.4, -0.2) is 16.6 Å². The number of nitrogens with zero attached hydrogens (tertiary/aromatic N) is 1. The second-order valence-corrected chi connectivity index (χ2v) is 7.38. The van der Waals surface area contributed by atoms with E-state index in [-0.39, 0.29) is 5.56 Å². The van der Waals surface area contributed by atoms with Crippen molar-refractivity contribution in [2.45, 2.75) is 13.5 Å². The van der Waals surface area contributed by atoms with Crippen LogP contribution in [0.3, 0.4) is 0 Å². The summed E-state index contributed by atoms with van der Waals surface area (Å²) in [4.78, 5) is 19.8. The maximum atomic E-state index is 12.4. The van der Waals surface area contributed by atoms with E-state index in [1.807, 2.05) is 37.3 Å². The van der Waals surface area contributed by atoms with E-state index in [2.05, 4.69) is 9.97 Å². The molecule has 0 amide bonds. The number of benzene rings is 3.